The van der Waals surface area contributed by atoms with E-state index in [2.05, 4.69) is 24.1 Å². The standard InChI is InChI=1S/C15H28N2O/c1-3-5-12-7-9-13(10-8-12)17-14(6-4-2)16-11-15(17)18/h12-14,16H,3-11H2,1-2H3. The molecule has 0 aromatic rings. The highest BCUT2D eigenvalue weighted by atomic mass is 16.2. The van der Waals surface area contributed by atoms with E-state index in [4.69, 9.17) is 0 Å². The van der Waals surface area contributed by atoms with Crippen LogP contribution in [0.15, 0.2) is 0 Å². The molecule has 104 valence electrons. The molecular formula is C15H28N2O. The van der Waals surface area contributed by atoms with Gasteiger partial charge in [0.2, 0.25) is 5.91 Å². The molecule has 0 spiro atoms. The van der Waals surface area contributed by atoms with Crippen molar-refractivity contribution in [1.82, 2.24) is 10.2 Å². The van der Waals surface area contributed by atoms with Gasteiger partial charge in [0.25, 0.3) is 0 Å². The summed E-state index contributed by atoms with van der Waals surface area (Å²) in [6.45, 7) is 5.03. The summed E-state index contributed by atoms with van der Waals surface area (Å²) in [6.07, 6.45) is 10.3. The Hall–Kier alpha value is -0.570. The van der Waals surface area contributed by atoms with Gasteiger partial charge in [0.1, 0.15) is 0 Å². The average Bonchev–Trinajstić information content (AvgIpc) is 2.73. The third-order valence-corrected chi connectivity index (χ3v) is 4.58. The van der Waals surface area contributed by atoms with Crippen LogP contribution >= 0.6 is 0 Å². The fraction of sp³-hybridized carbons (Fsp3) is 0.933. The first-order chi connectivity index (χ1) is 8.76. The van der Waals surface area contributed by atoms with E-state index >= 15 is 0 Å². The maximum absolute atomic E-state index is 12.0. The number of carbonyl (C=O) groups is 1. The molecule has 1 amide bonds. The first-order valence-corrected chi connectivity index (χ1v) is 7.80. The summed E-state index contributed by atoms with van der Waals surface area (Å²) >= 11 is 0. The first-order valence-electron chi connectivity index (χ1n) is 7.80. The van der Waals surface area contributed by atoms with Crippen molar-refractivity contribution < 1.29 is 4.79 Å². The third kappa shape index (κ3) is 3.05. The predicted octanol–water partition coefficient (Wildman–Crippen LogP) is 2.90. The number of hydrogen-bond donors (Lipinski definition) is 1. The quantitative estimate of drug-likeness (QED) is 0.816. The van der Waals surface area contributed by atoms with Gasteiger partial charge in [-0.15, -0.1) is 0 Å². The van der Waals surface area contributed by atoms with E-state index in [-0.39, 0.29) is 0 Å². The molecule has 2 rings (SSSR count). The van der Waals surface area contributed by atoms with Crippen LogP contribution in [-0.2, 0) is 4.79 Å². The highest BCUT2D eigenvalue weighted by Crippen LogP contribution is 2.32. The number of nitrogens with zero attached hydrogens (tertiary/aromatic N) is 1. The number of rotatable bonds is 5. The Kier molecular flexibility index (Phi) is 5.04. The fourth-order valence-electron chi connectivity index (χ4n) is 3.66. The van der Waals surface area contributed by atoms with Gasteiger partial charge in [-0.05, 0) is 38.0 Å². The summed E-state index contributed by atoms with van der Waals surface area (Å²) in [5, 5.41) is 3.37. The van der Waals surface area contributed by atoms with Crippen LogP contribution in [0.1, 0.15) is 65.2 Å². The molecule has 0 radical (unpaired) electrons. The zero-order valence-electron chi connectivity index (χ0n) is 12.0. The minimum atomic E-state index is 0.315. The monoisotopic (exact) mass is 252 g/mol. The molecule has 2 fully saturated rings. The largest absolute Gasteiger partial charge is 0.323 e. The van der Waals surface area contributed by atoms with Crippen molar-refractivity contribution in [3.8, 4) is 0 Å². The Morgan fingerprint density at radius 1 is 1.11 bits per heavy atom. The van der Waals surface area contributed by atoms with Crippen LogP contribution < -0.4 is 5.32 Å². The Morgan fingerprint density at radius 3 is 2.39 bits per heavy atom. The van der Waals surface area contributed by atoms with Gasteiger partial charge < -0.3 is 4.90 Å². The second-order valence-corrected chi connectivity index (χ2v) is 5.95. The number of amides is 1. The van der Waals surface area contributed by atoms with Gasteiger partial charge in [0.15, 0.2) is 0 Å². The normalized spacial score (nSPS) is 33.1. The molecule has 1 N–H and O–H groups in total. The molecule has 1 aliphatic heterocycles. The Labute approximate surface area is 111 Å². The molecule has 2 aliphatic rings. The maximum atomic E-state index is 12.0. The molecule has 1 aliphatic carbocycles. The van der Waals surface area contributed by atoms with Gasteiger partial charge in [-0.3, -0.25) is 10.1 Å². The van der Waals surface area contributed by atoms with E-state index in [1.807, 2.05) is 0 Å². The second kappa shape index (κ2) is 6.55. The molecule has 1 atom stereocenters. The van der Waals surface area contributed by atoms with E-state index in [0.717, 1.165) is 18.8 Å². The van der Waals surface area contributed by atoms with Crippen molar-refractivity contribution >= 4 is 5.91 Å². The van der Waals surface area contributed by atoms with Crippen LogP contribution in [-0.4, -0.2) is 29.6 Å². The average molecular weight is 252 g/mol. The van der Waals surface area contributed by atoms with Gasteiger partial charge in [-0.1, -0.05) is 33.1 Å². The van der Waals surface area contributed by atoms with Crippen molar-refractivity contribution in [2.45, 2.75) is 77.4 Å². The number of carbonyl (C=O) groups excluding carboxylic acids is 1. The summed E-state index contributed by atoms with van der Waals surface area (Å²) in [7, 11) is 0. The Morgan fingerprint density at radius 2 is 1.78 bits per heavy atom. The molecule has 18 heavy (non-hydrogen) atoms. The summed E-state index contributed by atoms with van der Waals surface area (Å²) in [6, 6.07) is 0.511. The lowest BCUT2D eigenvalue weighted by Gasteiger charge is -2.37. The van der Waals surface area contributed by atoms with Crippen LogP contribution in [0.3, 0.4) is 0 Å². The fourth-order valence-corrected chi connectivity index (χ4v) is 3.66. The molecule has 3 heteroatoms. The van der Waals surface area contributed by atoms with Crippen molar-refractivity contribution in [1.29, 1.82) is 0 Å². The minimum absolute atomic E-state index is 0.315. The summed E-state index contributed by atoms with van der Waals surface area (Å²) in [4.78, 5) is 14.2. The van der Waals surface area contributed by atoms with E-state index in [0.29, 0.717) is 24.7 Å². The SMILES string of the molecule is CCCC1CCC(N2C(=O)CNC2CCC)CC1. The van der Waals surface area contributed by atoms with Gasteiger partial charge in [-0.25, -0.2) is 0 Å². The lowest BCUT2D eigenvalue weighted by molar-refractivity contribution is -0.131. The van der Waals surface area contributed by atoms with Crippen molar-refractivity contribution in [3.05, 3.63) is 0 Å². The van der Waals surface area contributed by atoms with E-state index in [1.54, 1.807) is 0 Å². The summed E-state index contributed by atoms with van der Waals surface area (Å²) < 4.78 is 0. The molecule has 0 aromatic carbocycles. The van der Waals surface area contributed by atoms with Crippen LogP contribution in [0.25, 0.3) is 0 Å². The molecule has 0 aromatic heterocycles. The zero-order chi connectivity index (χ0) is 13.0. The maximum Gasteiger partial charge on any atom is 0.238 e. The van der Waals surface area contributed by atoms with Crippen molar-refractivity contribution in [2.24, 2.45) is 5.92 Å². The summed E-state index contributed by atoms with van der Waals surface area (Å²) in [5.41, 5.74) is 0. The van der Waals surface area contributed by atoms with Gasteiger partial charge in [0, 0.05) is 6.04 Å². The molecule has 0 bridgehead atoms. The predicted molar refractivity (Wildman–Crippen MR) is 74.2 cm³/mol. The van der Waals surface area contributed by atoms with Gasteiger partial charge in [-0.2, -0.15) is 0 Å². The molecular weight excluding hydrogens is 224 g/mol. The van der Waals surface area contributed by atoms with Crippen LogP contribution in [0.4, 0.5) is 0 Å². The second-order valence-electron chi connectivity index (χ2n) is 5.95. The molecule has 1 saturated carbocycles. The highest BCUT2D eigenvalue weighted by Gasteiger charge is 2.36. The zero-order valence-corrected chi connectivity index (χ0v) is 12.0. The number of nitrogens with one attached hydrogen (secondary N) is 1. The summed E-state index contributed by atoms with van der Waals surface area (Å²) in [5.74, 6) is 1.24. The lowest BCUT2D eigenvalue weighted by Crippen LogP contribution is -2.46. The highest BCUT2D eigenvalue weighted by molar-refractivity contribution is 5.81. The van der Waals surface area contributed by atoms with Crippen molar-refractivity contribution in [2.75, 3.05) is 6.54 Å². The van der Waals surface area contributed by atoms with Crippen LogP contribution in [0.2, 0.25) is 0 Å². The topological polar surface area (TPSA) is 32.3 Å². The van der Waals surface area contributed by atoms with Gasteiger partial charge >= 0.3 is 0 Å². The smallest absolute Gasteiger partial charge is 0.238 e. The van der Waals surface area contributed by atoms with Crippen molar-refractivity contribution in [3.63, 3.8) is 0 Å². The molecule has 1 heterocycles. The van der Waals surface area contributed by atoms with Crippen LogP contribution in [0, 0.1) is 5.92 Å². The van der Waals surface area contributed by atoms with Crippen LogP contribution in [0.5, 0.6) is 0 Å². The first kappa shape index (κ1) is 13.9. The molecule has 1 unspecified atom stereocenters. The Balaban J connectivity index is 1.89. The minimum Gasteiger partial charge on any atom is -0.323 e. The van der Waals surface area contributed by atoms with E-state index < -0.39 is 0 Å². The van der Waals surface area contributed by atoms with E-state index in [1.165, 1.54) is 38.5 Å². The number of hydrogen-bond acceptors (Lipinski definition) is 2. The molecule has 1 saturated heterocycles. The van der Waals surface area contributed by atoms with E-state index in [9.17, 15) is 4.79 Å². The Bertz CT molecular complexity index is 272. The third-order valence-electron chi connectivity index (χ3n) is 4.58. The molecule has 3 nitrogen and oxygen atoms in total. The van der Waals surface area contributed by atoms with Gasteiger partial charge in [0.05, 0.1) is 12.7 Å². The lowest BCUT2D eigenvalue weighted by atomic mass is 9.83.